The molecule has 1 fully saturated rings. The lowest BCUT2D eigenvalue weighted by Gasteiger charge is -2.30. The van der Waals surface area contributed by atoms with Gasteiger partial charge in [-0.25, -0.2) is 4.98 Å². The molecule has 156 valence electrons. The van der Waals surface area contributed by atoms with Crippen molar-refractivity contribution in [2.75, 3.05) is 5.32 Å². The van der Waals surface area contributed by atoms with Crippen molar-refractivity contribution < 1.29 is 9.59 Å². The summed E-state index contributed by atoms with van der Waals surface area (Å²) in [6, 6.07) is 7.97. The number of nitrogens with zero attached hydrogens (tertiary/aromatic N) is 2. The molecule has 2 amide bonds. The summed E-state index contributed by atoms with van der Waals surface area (Å²) in [6.07, 6.45) is 5.65. The summed E-state index contributed by atoms with van der Waals surface area (Å²) in [5.74, 6) is 1.50. The van der Waals surface area contributed by atoms with Crippen molar-refractivity contribution in [3.8, 4) is 0 Å². The topological polar surface area (TPSA) is 76.0 Å². The molecule has 0 unspecified atom stereocenters. The van der Waals surface area contributed by atoms with E-state index < -0.39 is 0 Å². The van der Waals surface area contributed by atoms with E-state index in [0.717, 1.165) is 23.5 Å². The molecule has 1 aromatic carbocycles. The van der Waals surface area contributed by atoms with Gasteiger partial charge in [-0.3, -0.25) is 9.59 Å². The zero-order chi connectivity index (χ0) is 21.0. The standard InChI is InChI=1S/C23H32N4O2/c1-15(2)10-20-12-18(13-21(28)25-20)23(29)26-19-7-5-6-17(11-19)14-27-9-8-24-22(27)16(3)4/h5-9,11,15-16,18,20H,10,12-14H2,1-4H3,(H,25,28)(H,26,29)/t18-,20-/m0/s1. The van der Waals surface area contributed by atoms with Crippen LogP contribution in [-0.2, 0) is 16.1 Å². The number of carbonyl (C=O) groups excluding carboxylic acids is 2. The van der Waals surface area contributed by atoms with Gasteiger partial charge in [-0.05, 0) is 36.5 Å². The molecule has 2 heterocycles. The van der Waals surface area contributed by atoms with Crippen LogP contribution < -0.4 is 10.6 Å². The Bertz CT molecular complexity index is 856. The van der Waals surface area contributed by atoms with Gasteiger partial charge in [0.15, 0.2) is 0 Å². The van der Waals surface area contributed by atoms with E-state index >= 15 is 0 Å². The maximum Gasteiger partial charge on any atom is 0.228 e. The lowest BCUT2D eigenvalue weighted by atomic mass is 9.87. The molecule has 6 heteroatoms. The number of anilines is 1. The number of hydrogen-bond acceptors (Lipinski definition) is 3. The van der Waals surface area contributed by atoms with Crippen LogP contribution in [0.1, 0.15) is 64.3 Å². The summed E-state index contributed by atoms with van der Waals surface area (Å²) in [4.78, 5) is 29.3. The van der Waals surface area contributed by atoms with Crippen molar-refractivity contribution in [1.29, 1.82) is 0 Å². The number of aromatic nitrogens is 2. The molecule has 3 rings (SSSR count). The minimum absolute atomic E-state index is 0.0304. The van der Waals surface area contributed by atoms with Gasteiger partial charge in [-0.1, -0.05) is 39.8 Å². The fourth-order valence-corrected chi connectivity index (χ4v) is 4.06. The van der Waals surface area contributed by atoms with Gasteiger partial charge < -0.3 is 15.2 Å². The number of hydrogen-bond donors (Lipinski definition) is 2. The Labute approximate surface area is 173 Å². The van der Waals surface area contributed by atoms with Gasteiger partial charge in [0.05, 0.1) is 0 Å². The van der Waals surface area contributed by atoms with E-state index in [1.807, 2.05) is 36.7 Å². The third-order valence-electron chi connectivity index (χ3n) is 5.30. The molecular formula is C23H32N4O2. The molecule has 2 atom stereocenters. The SMILES string of the molecule is CC(C)C[C@H]1C[C@H](C(=O)Nc2cccc(Cn3ccnc3C(C)C)c2)CC(=O)N1. The van der Waals surface area contributed by atoms with Gasteiger partial charge in [-0.2, -0.15) is 0 Å². The van der Waals surface area contributed by atoms with E-state index in [1.165, 1.54) is 0 Å². The van der Waals surface area contributed by atoms with E-state index in [2.05, 4.69) is 47.9 Å². The highest BCUT2D eigenvalue weighted by Crippen LogP contribution is 2.24. The smallest absolute Gasteiger partial charge is 0.228 e. The van der Waals surface area contributed by atoms with Gasteiger partial charge >= 0.3 is 0 Å². The van der Waals surface area contributed by atoms with Crippen molar-refractivity contribution in [3.05, 3.63) is 48.0 Å². The zero-order valence-electron chi connectivity index (χ0n) is 17.8. The molecule has 2 N–H and O–H groups in total. The second-order valence-electron chi connectivity index (χ2n) is 8.79. The third-order valence-corrected chi connectivity index (χ3v) is 5.30. The second kappa shape index (κ2) is 9.25. The molecule has 0 saturated carbocycles. The Morgan fingerprint density at radius 1 is 1.31 bits per heavy atom. The van der Waals surface area contributed by atoms with Gasteiger partial charge in [0.25, 0.3) is 0 Å². The summed E-state index contributed by atoms with van der Waals surface area (Å²) in [6.45, 7) is 9.23. The quantitative estimate of drug-likeness (QED) is 0.744. The molecule has 1 aliphatic rings. The minimum atomic E-state index is -0.280. The predicted octanol–water partition coefficient (Wildman–Crippen LogP) is 3.93. The molecule has 6 nitrogen and oxygen atoms in total. The predicted molar refractivity (Wildman–Crippen MR) is 115 cm³/mol. The van der Waals surface area contributed by atoms with Crippen LogP contribution in [-0.4, -0.2) is 27.4 Å². The molecule has 0 radical (unpaired) electrons. The lowest BCUT2D eigenvalue weighted by molar-refractivity contribution is -0.131. The number of nitrogens with one attached hydrogen (secondary N) is 2. The molecule has 29 heavy (non-hydrogen) atoms. The highest BCUT2D eigenvalue weighted by Gasteiger charge is 2.31. The van der Waals surface area contributed by atoms with Gasteiger partial charge in [0.2, 0.25) is 11.8 Å². The van der Waals surface area contributed by atoms with Crippen LogP contribution in [0, 0.1) is 11.8 Å². The molecule has 0 aliphatic carbocycles. The average Bonchev–Trinajstić information content (AvgIpc) is 3.09. The van der Waals surface area contributed by atoms with Crippen LogP contribution in [0.15, 0.2) is 36.7 Å². The van der Waals surface area contributed by atoms with E-state index in [4.69, 9.17) is 0 Å². The van der Waals surface area contributed by atoms with Crippen LogP contribution in [0.2, 0.25) is 0 Å². The molecule has 0 spiro atoms. The van der Waals surface area contributed by atoms with E-state index in [-0.39, 0.29) is 30.2 Å². The summed E-state index contributed by atoms with van der Waals surface area (Å²) in [5, 5.41) is 6.04. The van der Waals surface area contributed by atoms with E-state index in [0.29, 0.717) is 24.8 Å². The minimum Gasteiger partial charge on any atom is -0.353 e. The summed E-state index contributed by atoms with van der Waals surface area (Å²) in [5.41, 5.74) is 1.87. The van der Waals surface area contributed by atoms with Crippen LogP contribution in [0.3, 0.4) is 0 Å². The Hall–Kier alpha value is -2.63. The number of amides is 2. The first kappa shape index (κ1) is 21.1. The van der Waals surface area contributed by atoms with Gasteiger partial charge in [0, 0.05) is 48.9 Å². The van der Waals surface area contributed by atoms with Crippen molar-refractivity contribution in [1.82, 2.24) is 14.9 Å². The summed E-state index contributed by atoms with van der Waals surface area (Å²) in [7, 11) is 0. The summed E-state index contributed by atoms with van der Waals surface area (Å²) >= 11 is 0. The molecule has 1 saturated heterocycles. The summed E-state index contributed by atoms with van der Waals surface area (Å²) < 4.78 is 2.13. The number of carbonyl (C=O) groups is 2. The van der Waals surface area contributed by atoms with Gasteiger partial charge in [-0.15, -0.1) is 0 Å². The molecule has 1 aliphatic heterocycles. The number of piperidine rings is 1. The Balaban J connectivity index is 1.65. The Kier molecular flexibility index (Phi) is 6.72. The van der Waals surface area contributed by atoms with Gasteiger partial charge in [0.1, 0.15) is 5.82 Å². The first-order valence-corrected chi connectivity index (χ1v) is 10.5. The maximum absolute atomic E-state index is 12.8. The Morgan fingerprint density at radius 3 is 2.83 bits per heavy atom. The first-order valence-electron chi connectivity index (χ1n) is 10.5. The van der Waals surface area contributed by atoms with Crippen LogP contribution in [0.25, 0.3) is 0 Å². The molecule has 1 aromatic heterocycles. The van der Waals surface area contributed by atoms with E-state index in [1.54, 1.807) is 0 Å². The van der Waals surface area contributed by atoms with Crippen LogP contribution >= 0.6 is 0 Å². The maximum atomic E-state index is 12.8. The van der Waals surface area contributed by atoms with Crippen LogP contribution in [0.4, 0.5) is 5.69 Å². The fourth-order valence-electron chi connectivity index (χ4n) is 4.06. The largest absolute Gasteiger partial charge is 0.353 e. The first-order chi connectivity index (χ1) is 13.8. The molecule has 0 bridgehead atoms. The van der Waals surface area contributed by atoms with Crippen molar-refractivity contribution in [3.63, 3.8) is 0 Å². The van der Waals surface area contributed by atoms with Crippen molar-refractivity contribution in [2.24, 2.45) is 11.8 Å². The lowest BCUT2D eigenvalue weighted by Crippen LogP contribution is -2.46. The average molecular weight is 397 g/mol. The van der Waals surface area contributed by atoms with Crippen LogP contribution in [0.5, 0.6) is 0 Å². The van der Waals surface area contributed by atoms with Crippen molar-refractivity contribution >= 4 is 17.5 Å². The fraction of sp³-hybridized carbons (Fsp3) is 0.522. The second-order valence-corrected chi connectivity index (χ2v) is 8.79. The number of benzene rings is 1. The van der Waals surface area contributed by atoms with Crippen molar-refractivity contribution in [2.45, 2.75) is 65.5 Å². The third kappa shape index (κ3) is 5.68. The number of rotatable bonds is 7. The monoisotopic (exact) mass is 396 g/mol. The Morgan fingerprint density at radius 2 is 2.10 bits per heavy atom. The number of imidazole rings is 1. The highest BCUT2D eigenvalue weighted by molar-refractivity contribution is 5.95. The normalized spacial score (nSPS) is 19.4. The molecular weight excluding hydrogens is 364 g/mol. The highest BCUT2D eigenvalue weighted by atomic mass is 16.2. The zero-order valence-corrected chi connectivity index (χ0v) is 17.8. The molecule has 2 aromatic rings. The van der Waals surface area contributed by atoms with E-state index in [9.17, 15) is 9.59 Å².